The van der Waals surface area contributed by atoms with Crippen LogP contribution < -0.4 is 17.0 Å². The number of nitrogens with two attached hydrogens (primary N) is 1. The molecule has 0 amide bonds. The standard InChI is InChI=1S/C24H23N7O3S/c1-13-3-4-17(11-14(13)2)31-21(15-7-9-26-10-8-15)28-29-24(31)35-12-18(32)19-20(25)30(16-5-6-16)23(34)27-22(19)33/h3-4,7-11,16H,5-6,12,25H2,1-2H3,(H,27,33,34). The van der Waals surface area contributed by atoms with Gasteiger partial charge in [0.2, 0.25) is 0 Å². The normalized spacial score (nSPS) is 13.2. The molecule has 1 aliphatic rings. The lowest BCUT2D eigenvalue weighted by atomic mass is 10.1. The molecule has 3 N–H and O–H groups in total. The van der Waals surface area contributed by atoms with Crippen molar-refractivity contribution in [1.82, 2.24) is 29.3 Å². The maximum atomic E-state index is 13.1. The van der Waals surface area contributed by atoms with Crippen LogP contribution in [0.5, 0.6) is 0 Å². The molecule has 3 heterocycles. The molecule has 1 saturated carbocycles. The number of pyridine rings is 1. The summed E-state index contributed by atoms with van der Waals surface area (Å²) < 4.78 is 3.18. The van der Waals surface area contributed by atoms with Gasteiger partial charge in [-0.25, -0.2) is 4.79 Å². The largest absolute Gasteiger partial charge is 0.384 e. The molecule has 0 unspecified atom stereocenters. The Labute approximate surface area is 204 Å². The molecular weight excluding hydrogens is 466 g/mol. The van der Waals surface area contributed by atoms with Gasteiger partial charge in [0, 0.05) is 24.0 Å². The summed E-state index contributed by atoms with van der Waals surface area (Å²) >= 11 is 1.15. The predicted molar refractivity (Wildman–Crippen MR) is 133 cm³/mol. The smallest absolute Gasteiger partial charge is 0.330 e. The zero-order chi connectivity index (χ0) is 24.7. The SMILES string of the molecule is Cc1ccc(-n2c(SCC(=O)c3c(N)n(C4CC4)c(=O)[nH]c3=O)nnc2-c2ccncc2)cc1C. The van der Waals surface area contributed by atoms with E-state index in [0.717, 1.165) is 47.0 Å². The van der Waals surface area contributed by atoms with Gasteiger partial charge in [-0.1, -0.05) is 17.8 Å². The van der Waals surface area contributed by atoms with E-state index in [1.165, 1.54) is 4.57 Å². The van der Waals surface area contributed by atoms with Gasteiger partial charge in [-0.3, -0.25) is 28.7 Å². The van der Waals surface area contributed by atoms with Crippen LogP contribution in [0.2, 0.25) is 0 Å². The minimum Gasteiger partial charge on any atom is -0.384 e. The lowest BCUT2D eigenvalue weighted by Crippen LogP contribution is -2.36. The van der Waals surface area contributed by atoms with Crippen LogP contribution in [0.4, 0.5) is 5.82 Å². The molecule has 0 saturated heterocycles. The summed E-state index contributed by atoms with van der Waals surface area (Å²) in [5, 5.41) is 9.19. The number of nitrogen functional groups attached to an aromatic ring is 1. The highest BCUT2D eigenvalue weighted by molar-refractivity contribution is 7.99. The van der Waals surface area contributed by atoms with Gasteiger partial charge in [-0.2, -0.15) is 0 Å². The van der Waals surface area contributed by atoms with E-state index in [2.05, 4.69) is 20.2 Å². The highest BCUT2D eigenvalue weighted by Crippen LogP contribution is 2.35. The Hall–Kier alpha value is -3.99. The summed E-state index contributed by atoms with van der Waals surface area (Å²) in [5.41, 5.74) is 8.46. The first-order valence-corrected chi connectivity index (χ1v) is 12.1. The van der Waals surface area contributed by atoms with Gasteiger partial charge >= 0.3 is 5.69 Å². The fraction of sp³-hybridized carbons (Fsp3) is 0.250. The fourth-order valence-corrected chi connectivity index (χ4v) is 4.71. The number of aromatic amines is 1. The molecule has 10 nitrogen and oxygen atoms in total. The number of benzene rings is 1. The Kier molecular flexibility index (Phi) is 5.85. The number of H-pyrrole nitrogens is 1. The summed E-state index contributed by atoms with van der Waals surface area (Å²) in [6, 6.07) is 9.61. The van der Waals surface area contributed by atoms with Gasteiger partial charge in [0.25, 0.3) is 5.56 Å². The van der Waals surface area contributed by atoms with Crippen LogP contribution in [0.25, 0.3) is 17.1 Å². The lowest BCUT2D eigenvalue weighted by molar-refractivity contribution is 0.102. The van der Waals surface area contributed by atoms with Crippen molar-refractivity contribution in [2.24, 2.45) is 0 Å². The van der Waals surface area contributed by atoms with E-state index in [4.69, 9.17) is 5.73 Å². The van der Waals surface area contributed by atoms with E-state index in [1.807, 2.05) is 48.7 Å². The molecule has 0 atom stereocenters. The van der Waals surface area contributed by atoms with E-state index in [-0.39, 0.29) is 23.2 Å². The number of Topliss-reactive ketones (excluding diaryl/α,β-unsaturated/α-hetero) is 1. The predicted octanol–water partition coefficient (Wildman–Crippen LogP) is 2.69. The van der Waals surface area contributed by atoms with Gasteiger partial charge in [0.1, 0.15) is 11.4 Å². The first-order chi connectivity index (χ1) is 16.8. The van der Waals surface area contributed by atoms with Crippen molar-refractivity contribution < 1.29 is 4.79 Å². The Morgan fingerprint density at radius 2 is 1.86 bits per heavy atom. The van der Waals surface area contributed by atoms with Crippen LogP contribution in [0.15, 0.2) is 57.5 Å². The van der Waals surface area contributed by atoms with Crippen LogP contribution in [0, 0.1) is 13.8 Å². The number of nitrogens with zero attached hydrogens (tertiary/aromatic N) is 5. The van der Waals surface area contributed by atoms with Crippen molar-refractivity contribution in [3.05, 3.63) is 80.3 Å². The molecule has 35 heavy (non-hydrogen) atoms. The molecule has 1 fully saturated rings. The summed E-state index contributed by atoms with van der Waals surface area (Å²) in [5.74, 6) is -0.0661. The minimum atomic E-state index is -0.775. The zero-order valence-corrected chi connectivity index (χ0v) is 20.0. The number of thioether (sulfide) groups is 1. The van der Waals surface area contributed by atoms with Gasteiger partial charge in [-0.15, -0.1) is 10.2 Å². The molecule has 11 heteroatoms. The van der Waals surface area contributed by atoms with Crippen molar-refractivity contribution >= 4 is 23.4 Å². The Morgan fingerprint density at radius 1 is 1.11 bits per heavy atom. The molecule has 178 valence electrons. The zero-order valence-electron chi connectivity index (χ0n) is 19.2. The topological polar surface area (TPSA) is 142 Å². The number of rotatable bonds is 7. The molecular formula is C24H23N7O3S. The summed E-state index contributed by atoms with van der Waals surface area (Å²) in [6.45, 7) is 4.06. The van der Waals surface area contributed by atoms with Crippen molar-refractivity contribution in [3.63, 3.8) is 0 Å². The maximum Gasteiger partial charge on any atom is 0.330 e. The second-order valence-electron chi connectivity index (χ2n) is 8.48. The van der Waals surface area contributed by atoms with Crippen LogP contribution in [0.3, 0.4) is 0 Å². The van der Waals surface area contributed by atoms with E-state index < -0.39 is 17.0 Å². The number of carbonyl (C=O) groups excluding carboxylic acids is 1. The quantitative estimate of drug-likeness (QED) is 0.298. The molecule has 0 bridgehead atoms. The number of anilines is 1. The molecule has 4 aromatic rings. The lowest BCUT2D eigenvalue weighted by Gasteiger charge is -2.13. The monoisotopic (exact) mass is 489 g/mol. The molecule has 1 aliphatic carbocycles. The Bertz CT molecular complexity index is 1550. The summed E-state index contributed by atoms with van der Waals surface area (Å²) in [7, 11) is 0. The van der Waals surface area contributed by atoms with Crippen LogP contribution in [-0.4, -0.2) is 40.8 Å². The second-order valence-corrected chi connectivity index (χ2v) is 9.42. The van der Waals surface area contributed by atoms with Crippen LogP contribution in [0.1, 0.15) is 40.4 Å². The third-order valence-corrected chi connectivity index (χ3v) is 6.95. The summed E-state index contributed by atoms with van der Waals surface area (Å²) in [6.07, 6.45) is 4.93. The first kappa shape index (κ1) is 22.8. The van der Waals surface area contributed by atoms with Gasteiger partial charge in [0.05, 0.1) is 11.4 Å². The second kappa shape index (κ2) is 8.99. The third-order valence-electron chi connectivity index (χ3n) is 6.03. The number of carbonyl (C=O) groups is 1. The van der Waals surface area contributed by atoms with Crippen LogP contribution in [-0.2, 0) is 0 Å². The van der Waals surface area contributed by atoms with Crippen molar-refractivity contribution in [3.8, 4) is 17.1 Å². The number of aryl methyl sites for hydroxylation is 2. The Balaban J connectivity index is 1.51. The first-order valence-electron chi connectivity index (χ1n) is 11.1. The van der Waals surface area contributed by atoms with Crippen molar-refractivity contribution in [2.45, 2.75) is 37.9 Å². The number of hydrogen-bond donors (Lipinski definition) is 2. The summed E-state index contributed by atoms with van der Waals surface area (Å²) in [4.78, 5) is 44.0. The molecule has 0 spiro atoms. The van der Waals surface area contributed by atoms with E-state index in [9.17, 15) is 14.4 Å². The number of ketones is 1. The number of aromatic nitrogens is 6. The fourth-order valence-electron chi connectivity index (χ4n) is 3.88. The average molecular weight is 490 g/mol. The van der Waals surface area contributed by atoms with Crippen molar-refractivity contribution in [2.75, 3.05) is 11.5 Å². The van der Waals surface area contributed by atoms with E-state index in [1.54, 1.807) is 12.4 Å². The third kappa shape index (κ3) is 4.30. The molecule has 1 aromatic carbocycles. The highest BCUT2D eigenvalue weighted by Gasteiger charge is 2.30. The Morgan fingerprint density at radius 3 is 2.54 bits per heavy atom. The molecule has 0 radical (unpaired) electrons. The average Bonchev–Trinajstić information content (AvgIpc) is 3.57. The highest BCUT2D eigenvalue weighted by atomic mass is 32.2. The van der Waals surface area contributed by atoms with E-state index >= 15 is 0 Å². The van der Waals surface area contributed by atoms with Gasteiger partial charge < -0.3 is 5.73 Å². The van der Waals surface area contributed by atoms with Crippen molar-refractivity contribution in [1.29, 1.82) is 0 Å². The molecule has 3 aromatic heterocycles. The van der Waals surface area contributed by atoms with Gasteiger partial charge in [0.15, 0.2) is 16.8 Å². The van der Waals surface area contributed by atoms with E-state index in [0.29, 0.717) is 11.0 Å². The number of nitrogens with one attached hydrogen (secondary N) is 1. The number of hydrogen-bond acceptors (Lipinski definition) is 8. The van der Waals surface area contributed by atoms with Gasteiger partial charge in [-0.05, 0) is 62.1 Å². The molecule has 5 rings (SSSR count). The molecule has 0 aliphatic heterocycles. The van der Waals surface area contributed by atoms with Crippen LogP contribution >= 0.6 is 11.8 Å². The minimum absolute atomic E-state index is 0.0747. The maximum absolute atomic E-state index is 13.1.